The minimum atomic E-state index is -0.786. The second kappa shape index (κ2) is 60.4. The number of aliphatic hydroxyl groups is 1. The number of ether oxygens (including phenoxy) is 2. The van der Waals surface area contributed by atoms with Crippen molar-refractivity contribution in [3.05, 3.63) is 85.1 Å². The monoisotopic (exact) mass is 975 g/mol. The van der Waals surface area contributed by atoms with Gasteiger partial charge >= 0.3 is 11.9 Å². The van der Waals surface area contributed by atoms with Gasteiger partial charge in [-0.3, -0.25) is 9.59 Å². The first-order chi connectivity index (χ1) is 34.6. The van der Waals surface area contributed by atoms with Crippen LogP contribution in [0.25, 0.3) is 0 Å². The number of carbonyl (C=O) groups excluding carboxylic acids is 2. The van der Waals surface area contributed by atoms with Gasteiger partial charge in [-0.15, -0.1) is 0 Å². The fraction of sp³-hybridized carbons (Fsp3) is 0.754. The van der Waals surface area contributed by atoms with Crippen LogP contribution in [0.5, 0.6) is 0 Å². The standard InChI is InChI=1S/C65H114O5/c1-3-5-7-9-11-13-15-17-19-21-23-25-26-27-28-29-30-31-32-33-34-35-36-37-38-40-41-43-45-47-49-51-53-55-57-59-64(67)69-62-63(61-66)70-65(68)60-58-56-54-52-50-48-46-44-42-39-24-22-20-18-16-14-12-10-8-6-4-2/h6,8,12,14-15,17-18,20-21,23-24,39,44,46,63,66H,3-5,7,9-11,13,16,19,22,25-38,40-43,45,47-62H2,1-2H3/b8-6-,14-12-,17-15-,20-18-,23-21-,39-24-,46-44-. The Balaban J connectivity index is 3.45. The molecule has 0 radical (unpaired) electrons. The molecule has 0 saturated carbocycles. The van der Waals surface area contributed by atoms with Crippen molar-refractivity contribution >= 4 is 11.9 Å². The molecule has 0 spiro atoms. The van der Waals surface area contributed by atoms with E-state index in [1.54, 1.807) is 0 Å². The van der Waals surface area contributed by atoms with Gasteiger partial charge < -0.3 is 14.6 Å². The molecule has 404 valence electrons. The average Bonchev–Trinajstić information content (AvgIpc) is 3.36. The topological polar surface area (TPSA) is 72.8 Å². The predicted molar refractivity (Wildman–Crippen MR) is 306 cm³/mol. The van der Waals surface area contributed by atoms with Crippen LogP contribution in [0.3, 0.4) is 0 Å². The molecule has 0 aromatic carbocycles. The van der Waals surface area contributed by atoms with E-state index in [-0.39, 0.29) is 25.2 Å². The van der Waals surface area contributed by atoms with Gasteiger partial charge in [-0.2, -0.15) is 0 Å². The molecule has 1 atom stereocenters. The Bertz CT molecular complexity index is 1290. The average molecular weight is 976 g/mol. The molecular formula is C65H114O5. The van der Waals surface area contributed by atoms with Crippen molar-refractivity contribution in [1.29, 1.82) is 0 Å². The van der Waals surface area contributed by atoms with Crippen molar-refractivity contribution in [2.24, 2.45) is 0 Å². The Labute approximate surface area is 435 Å². The van der Waals surface area contributed by atoms with Crippen molar-refractivity contribution < 1.29 is 24.2 Å². The van der Waals surface area contributed by atoms with Gasteiger partial charge in [-0.25, -0.2) is 0 Å². The van der Waals surface area contributed by atoms with Gasteiger partial charge in [0, 0.05) is 12.8 Å². The van der Waals surface area contributed by atoms with Gasteiger partial charge in [0.25, 0.3) is 0 Å². The molecule has 1 N–H and O–H groups in total. The lowest BCUT2D eigenvalue weighted by Crippen LogP contribution is -2.28. The number of hydrogen-bond acceptors (Lipinski definition) is 5. The van der Waals surface area contributed by atoms with Crippen molar-refractivity contribution in [1.82, 2.24) is 0 Å². The van der Waals surface area contributed by atoms with Crippen LogP contribution in [-0.2, 0) is 19.1 Å². The fourth-order valence-corrected chi connectivity index (χ4v) is 8.67. The molecule has 0 saturated heterocycles. The highest BCUT2D eigenvalue weighted by atomic mass is 16.6. The van der Waals surface area contributed by atoms with E-state index in [4.69, 9.17) is 9.47 Å². The van der Waals surface area contributed by atoms with E-state index in [1.165, 1.54) is 173 Å². The first-order valence-corrected chi connectivity index (χ1v) is 30.1. The zero-order valence-corrected chi connectivity index (χ0v) is 46.3. The zero-order chi connectivity index (χ0) is 50.6. The first kappa shape index (κ1) is 67.1. The van der Waals surface area contributed by atoms with E-state index in [0.29, 0.717) is 12.8 Å². The van der Waals surface area contributed by atoms with E-state index in [0.717, 1.165) is 96.3 Å². The molecule has 0 aliphatic carbocycles. The number of allylic oxidation sites excluding steroid dienone is 14. The molecule has 0 amide bonds. The van der Waals surface area contributed by atoms with Crippen LogP contribution < -0.4 is 0 Å². The summed E-state index contributed by atoms with van der Waals surface area (Å²) in [5.74, 6) is -0.605. The third-order valence-electron chi connectivity index (χ3n) is 13.2. The Hall–Kier alpha value is -2.92. The van der Waals surface area contributed by atoms with Crippen LogP contribution in [0, 0.1) is 0 Å². The van der Waals surface area contributed by atoms with Crippen molar-refractivity contribution in [3.63, 3.8) is 0 Å². The lowest BCUT2D eigenvalue weighted by Gasteiger charge is -2.15. The van der Waals surface area contributed by atoms with Crippen molar-refractivity contribution in [3.8, 4) is 0 Å². The van der Waals surface area contributed by atoms with Gasteiger partial charge in [0.2, 0.25) is 0 Å². The van der Waals surface area contributed by atoms with Crippen molar-refractivity contribution in [2.75, 3.05) is 13.2 Å². The van der Waals surface area contributed by atoms with Gasteiger partial charge in [0.05, 0.1) is 6.61 Å². The maximum absolute atomic E-state index is 12.3. The van der Waals surface area contributed by atoms with Crippen LogP contribution >= 0.6 is 0 Å². The number of unbranched alkanes of at least 4 members (excludes halogenated alkanes) is 33. The summed E-state index contributed by atoms with van der Waals surface area (Å²) < 4.78 is 10.7. The molecule has 0 aliphatic heterocycles. The smallest absolute Gasteiger partial charge is 0.306 e. The van der Waals surface area contributed by atoms with E-state index >= 15 is 0 Å². The second-order valence-corrected chi connectivity index (χ2v) is 20.0. The molecule has 0 rings (SSSR count). The molecule has 0 aliphatic rings. The molecule has 0 aromatic heterocycles. The Morgan fingerprint density at radius 3 is 0.929 bits per heavy atom. The molecular weight excluding hydrogens is 861 g/mol. The van der Waals surface area contributed by atoms with Crippen molar-refractivity contribution in [2.45, 2.75) is 302 Å². The summed E-state index contributed by atoms with van der Waals surface area (Å²) in [5.41, 5.74) is 0. The highest BCUT2D eigenvalue weighted by Gasteiger charge is 2.16. The minimum absolute atomic E-state index is 0.0750. The van der Waals surface area contributed by atoms with Crippen LogP contribution in [0.1, 0.15) is 296 Å². The first-order valence-electron chi connectivity index (χ1n) is 30.1. The molecule has 0 heterocycles. The number of rotatable bonds is 55. The molecule has 0 fully saturated rings. The highest BCUT2D eigenvalue weighted by Crippen LogP contribution is 2.17. The summed E-state index contributed by atoms with van der Waals surface area (Å²) in [6.45, 7) is 4.02. The summed E-state index contributed by atoms with van der Waals surface area (Å²) >= 11 is 0. The molecule has 70 heavy (non-hydrogen) atoms. The summed E-state index contributed by atoms with van der Waals surface area (Å²) in [7, 11) is 0. The van der Waals surface area contributed by atoms with Crippen LogP contribution in [0.15, 0.2) is 85.1 Å². The number of carbonyl (C=O) groups is 2. The van der Waals surface area contributed by atoms with Crippen LogP contribution in [0.2, 0.25) is 0 Å². The zero-order valence-electron chi connectivity index (χ0n) is 46.3. The maximum atomic E-state index is 12.3. The highest BCUT2D eigenvalue weighted by molar-refractivity contribution is 5.70. The summed E-state index contributed by atoms with van der Waals surface area (Å²) in [6.07, 6.45) is 84.4. The second-order valence-electron chi connectivity index (χ2n) is 20.0. The Morgan fingerprint density at radius 2 is 0.614 bits per heavy atom. The molecule has 0 bridgehead atoms. The summed E-state index contributed by atoms with van der Waals surface area (Å²) in [5, 5.41) is 9.65. The fourth-order valence-electron chi connectivity index (χ4n) is 8.67. The molecule has 5 nitrogen and oxygen atoms in total. The maximum Gasteiger partial charge on any atom is 0.306 e. The van der Waals surface area contributed by atoms with E-state index in [2.05, 4.69) is 98.9 Å². The summed E-state index contributed by atoms with van der Waals surface area (Å²) in [6, 6.07) is 0. The van der Waals surface area contributed by atoms with E-state index in [1.807, 2.05) is 0 Å². The third kappa shape index (κ3) is 57.7. The number of hydrogen-bond donors (Lipinski definition) is 1. The number of aliphatic hydroxyl groups excluding tert-OH is 1. The van der Waals surface area contributed by atoms with Crippen LogP contribution in [0.4, 0.5) is 0 Å². The van der Waals surface area contributed by atoms with E-state index < -0.39 is 6.10 Å². The minimum Gasteiger partial charge on any atom is -0.462 e. The third-order valence-corrected chi connectivity index (χ3v) is 13.2. The number of esters is 2. The molecule has 0 aromatic rings. The van der Waals surface area contributed by atoms with Gasteiger partial charge in [0.15, 0.2) is 6.10 Å². The van der Waals surface area contributed by atoms with Gasteiger partial charge in [-0.05, 0) is 89.9 Å². The SMILES string of the molecule is CC/C=C\C/C=C\C/C=C\C/C=C\C/C=C\CCCCCCCC(=O)OC(CO)COC(=O)CCCCCCCCCCCCCCCCCCCCCCCCC/C=C\C/C=C\CCCCCCC. The lowest BCUT2D eigenvalue weighted by atomic mass is 10.0. The van der Waals surface area contributed by atoms with Gasteiger partial charge in [0.1, 0.15) is 6.61 Å². The van der Waals surface area contributed by atoms with Gasteiger partial charge in [-0.1, -0.05) is 279 Å². The quantitative estimate of drug-likeness (QED) is 0.0373. The predicted octanol–water partition coefficient (Wildman–Crippen LogP) is 20.5. The largest absolute Gasteiger partial charge is 0.462 e. The Morgan fingerprint density at radius 1 is 0.343 bits per heavy atom. The van der Waals surface area contributed by atoms with Crippen LogP contribution in [-0.4, -0.2) is 36.4 Å². The molecule has 5 heteroatoms. The lowest BCUT2D eigenvalue weighted by molar-refractivity contribution is -0.161. The van der Waals surface area contributed by atoms with E-state index in [9.17, 15) is 14.7 Å². The molecule has 1 unspecified atom stereocenters. The summed E-state index contributed by atoms with van der Waals surface area (Å²) in [4.78, 5) is 24.5. The normalized spacial score (nSPS) is 12.8. The Kier molecular flexibility index (Phi) is 57.9.